The summed E-state index contributed by atoms with van der Waals surface area (Å²) >= 11 is 1.95. The molecule has 0 atom stereocenters. The number of nitrogens with one attached hydrogen (secondary N) is 1. The molecule has 0 amide bonds. The summed E-state index contributed by atoms with van der Waals surface area (Å²) in [6.45, 7) is 1.23. The van der Waals surface area contributed by atoms with Crippen molar-refractivity contribution in [3.63, 3.8) is 0 Å². The van der Waals surface area contributed by atoms with Crippen molar-refractivity contribution in [1.82, 2.24) is 5.32 Å². The minimum absolute atomic E-state index is 0.837. The van der Waals surface area contributed by atoms with Crippen LogP contribution in [0.25, 0.3) is 0 Å². The number of thioether (sulfide) groups is 1. The first kappa shape index (κ1) is 11.4. The summed E-state index contributed by atoms with van der Waals surface area (Å²) in [6, 6.07) is 0.837. The SMILES string of the molecule is CSCCCNC1CCCCCC1. The van der Waals surface area contributed by atoms with E-state index in [0.29, 0.717) is 0 Å². The molecular weight excluding hydrogens is 178 g/mol. The molecule has 0 saturated heterocycles. The molecule has 1 saturated carbocycles. The van der Waals surface area contributed by atoms with Crippen LogP contribution in [0.4, 0.5) is 0 Å². The molecule has 78 valence electrons. The Bertz CT molecular complexity index is 109. The zero-order valence-electron chi connectivity index (χ0n) is 8.85. The van der Waals surface area contributed by atoms with E-state index in [2.05, 4.69) is 11.6 Å². The molecule has 0 aromatic carbocycles. The van der Waals surface area contributed by atoms with E-state index in [9.17, 15) is 0 Å². The lowest BCUT2D eigenvalue weighted by Crippen LogP contribution is -2.29. The summed E-state index contributed by atoms with van der Waals surface area (Å²) in [6.07, 6.45) is 12.2. The van der Waals surface area contributed by atoms with E-state index in [4.69, 9.17) is 0 Å². The highest BCUT2D eigenvalue weighted by atomic mass is 32.2. The van der Waals surface area contributed by atoms with E-state index >= 15 is 0 Å². The average molecular weight is 201 g/mol. The maximum atomic E-state index is 3.68. The molecule has 0 spiro atoms. The Kier molecular flexibility index (Phi) is 6.73. The van der Waals surface area contributed by atoms with Gasteiger partial charge in [0.25, 0.3) is 0 Å². The lowest BCUT2D eigenvalue weighted by molar-refractivity contribution is 0.461. The Morgan fingerprint density at radius 1 is 1.15 bits per heavy atom. The molecular formula is C11H23NS. The molecule has 1 N–H and O–H groups in total. The smallest absolute Gasteiger partial charge is 0.00670 e. The van der Waals surface area contributed by atoms with Crippen molar-refractivity contribution in [1.29, 1.82) is 0 Å². The molecule has 1 nitrogen and oxygen atoms in total. The number of hydrogen-bond acceptors (Lipinski definition) is 2. The highest BCUT2D eigenvalue weighted by Gasteiger charge is 2.10. The molecule has 1 aliphatic rings. The van der Waals surface area contributed by atoms with Gasteiger partial charge in [-0.25, -0.2) is 0 Å². The summed E-state index contributed by atoms with van der Waals surface area (Å²) in [4.78, 5) is 0. The average Bonchev–Trinajstić information content (AvgIpc) is 2.41. The third-order valence-electron chi connectivity index (χ3n) is 2.81. The van der Waals surface area contributed by atoms with Gasteiger partial charge in [0.15, 0.2) is 0 Å². The zero-order chi connectivity index (χ0) is 9.36. The fourth-order valence-electron chi connectivity index (χ4n) is 2.01. The summed E-state index contributed by atoms with van der Waals surface area (Å²) in [7, 11) is 0. The van der Waals surface area contributed by atoms with Crippen LogP contribution in [0, 0.1) is 0 Å². The van der Waals surface area contributed by atoms with Crippen LogP contribution in [0.5, 0.6) is 0 Å². The van der Waals surface area contributed by atoms with Gasteiger partial charge in [0.05, 0.1) is 0 Å². The lowest BCUT2D eigenvalue weighted by atomic mass is 10.1. The van der Waals surface area contributed by atoms with Crippen LogP contribution >= 0.6 is 11.8 Å². The highest BCUT2D eigenvalue weighted by molar-refractivity contribution is 7.98. The first-order chi connectivity index (χ1) is 6.43. The molecule has 0 radical (unpaired) electrons. The summed E-state index contributed by atoms with van der Waals surface area (Å²) < 4.78 is 0. The first-order valence-electron chi connectivity index (χ1n) is 5.66. The van der Waals surface area contributed by atoms with Crippen LogP contribution in [0.3, 0.4) is 0 Å². The summed E-state index contributed by atoms with van der Waals surface area (Å²) in [5.74, 6) is 1.31. The highest BCUT2D eigenvalue weighted by Crippen LogP contribution is 2.17. The first-order valence-corrected chi connectivity index (χ1v) is 7.05. The van der Waals surface area contributed by atoms with E-state index in [1.807, 2.05) is 11.8 Å². The van der Waals surface area contributed by atoms with Gasteiger partial charge in [0.2, 0.25) is 0 Å². The van der Waals surface area contributed by atoms with Crippen molar-refractivity contribution in [2.24, 2.45) is 0 Å². The largest absolute Gasteiger partial charge is 0.314 e. The van der Waals surface area contributed by atoms with Gasteiger partial charge in [-0.15, -0.1) is 0 Å². The Hall–Kier alpha value is 0.310. The second-order valence-electron chi connectivity index (χ2n) is 3.99. The fraction of sp³-hybridized carbons (Fsp3) is 1.00. The molecule has 1 rings (SSSR count). The lowest BCUT2D eigenvalue weighted by Gasteiger charge is -2.15. The van der Waals surface area contributed by atoms with Crippen LogP contribution < -0.4 is 5.32 Å². The van der Waals surface area contributed by atoms with E-state index in [0.717, 1.165) is 6.04 Å². The second-order valence-corrected chi connectivity index (χ2v) is 4.97. The topological polar surface area (TPSA) is 12.0 Å². The monoisotopic (exact) mass is 201 g/mol. The predicted octanol–water partition coefficient (Wildman–Crippen LogP) is 3.05. The van der Waals surface area contributed by atoms with Crippen LogP contribution in [0.15, 0.2) is 0 Å². The van der Waals surface area contributed by atoms with Crippen molar-refractivity contribution in [3.05, 3.63) is 0 Å². The molecule has 13 heavy (non-hydrogen) atoms. The Labute approximate surface area is 87.1 Å². The van der Waals surface area contributed by atoms with E-state index in [1.54, 1.807) is 0 Å². The van der Waals surface area contributed by atoms with Crippen molar-refractivity contribution in [2.45, 2.75) is 51.0 Å². The van der Waals surface area contributed by atoms with Gasteiger partial charge in [-0.05, 0) is 37.8 Å². The van der Waals surface area contributed by atoms with Crippen LogP contribution in [-0.4, -0.2) is 24.6 Å². The third kappa shape index (κ3) is 5.58. The number of hydrogen-bond donors (Lipinski definition) is 1. The Morgan fingerprint density at radius 3 is 2.46 bits per heavy atom. The van der Waals surface area contributed by atoms with Gasteiger partial charge in [0.1, 0.15) is 0 Å². The third-order valence-corrected chi connectivity index (χ3v) is 3.51. The Morgan fingerprint density at radius 2 is 1.85 bits per heavy atom. The normalized spacial score (nSPS) is 20.1. The minimum atomic E-state index is 0.837. The predicted molar refractivity (Wildman–Crippen MR) is 62.5 cm³/mol. The Balaban J connectivity index is 1.98. The van der Waals surface area contributed by atoms with Crippen LogP contribution in [0.2, 0.25) is 0 Å². The maximum Gasteiger partial charge on any atom is 0.00670 e. The maximum absolute atomic E-state index is 3.68. The number of rotatable bonds is 5. The molecule has 0 aromatic heterocycles. The van der Waals surface area contributed by atoms with Crippen molar-refractivity contribution >= 4 is 11.8 Å². The van der Waals surface area contributed by atoms with Crippen molar-refractivity contribution in [3.8, 4) is 0 Å². The minimum Gasteiger partial charge on any atom is -0.314 e. The van der Waals surface area contributed by atoms with Gasteiger partial charge >= 0.3 is 0 Å². The molecule has 0 bridgehead atoms. The van der Waals surface area contributed by atoms with Gasteiger partial charge in [-0.3, -0.25) is 0 Å². The molecule has 1 fully saturated rings. The van der Waals surface area contributed by atoms with Gasteiger partial charge < -0.3 is 5.32 Å². The van der Waals surface area contributed by atoms with Gasteiger partial charge in [0, 0.05) is 6.04 Å². The van der Waals surface area contributed by atoms with E-state index in [-0.39, 0.29) is 0 Å². The quantitative estimate of drug-likeness (QED) is 0.542. The van der Waals surface area contributed by atoms with Gasteiger partial charge in [-0.2, -0.15) is 11.8 Å². The second kappa shape index (κ2) is 7.69. The van der Waals surface area contributed by atoms with Gasteiger partial charge in [-0.1, -0.05) is 25.7 Å². The van der Waals surface area contributed by atoms with Crippen molar-refractivity contribution in [2.75, 3.05) is 18.6 Å². The molecule has 0 heterocycles. The van der Waals surface area contributed by atoms with Crippen molar-refractivity contribution < 1.29 is 0 Å². The summed E-state index contributed by atoms with van der Waals surface area (Å²) in [5, 5.41) is 3.68. The molecule has 0 aliphatic heterocycles. The zero-order valence-corrected chi connectivity index (χ0v) is 9.67. The molecule has 0 aromatic rings. The molecule has 0 unspecified atom stereocenters. The molecule has 1 aliphatic carbocycles. The van der Waals surface area contributed by atoms with Crippen LogP contribution in [0.1, 0.15) is 44.9 Å². The van der Waals surface area contributed by atoms with Crippen LogP contribution in [-0.2, 0) is 0 Å². The fourth-order valence-corrected chi connectivity index (χ4v) is 2.44. The summed E-state index contributed by atoms with van der Waals surface area (Å²) in [5.41, 5.74) is 0. The van der Waals surface area contributed by atoms with E-state index in [1.165, 1.54) is 57.2 Å². The van der Waals surface area contributed by atoms with E-state index < -0.39 is 0 Å². The molecule has 2 heteroatoms. The standard InChI is InChI=1S/C11H23NS/c1-13-10-6-9-12-11-7-4-2-3-5-8-11/h11-12H,2-10H2,1H3.